The zero-order chi connectivity index (χ0) is 17.5. The Morgan fingerprint density at radius 3 is 2.00 bits per heavy atom. The van der Waals surface area contributed by atoms with Crippen molar-refractivity contribution in [3.05, 3.63) is 0 Å². The summed E-state index contributed by atoms with van der Waals surface area (Å²) >= 11 is 0. The highest BCUT2D eigenvalue weighted by Gasteiger charge is 2.31. The number of hydrogen-bond donors (Lipinski definition) is 0. The number of ether oxygens (including phenoxy) is 4. The Balaban J connectivity index is 1.48. The van der Waals surface area contributed by atoms with E-state index in [-0.39, 0.29) is 5.60 Å². The molecule has 2 saturated heterocycles. The molecule has 0 aromatic heterocycles. The lowest BCUT2D eigenvalue weighted by atomic mass is 10.0. The van der Waals surface area contributed by atoms with E-state index in [4.69, 9.17) is 23.4 Å². The monoisotopic (exact) mass is 360 g/mol. The van der Waals surface area contributed by atoms with Gasteiger partial charge in [0.1, 0.15) is 12.2 Å². The van der Waals surface area contributed by atoms with Crippen molar-refractivity contribution in [1.82, 2.24) is 0 Å². The van der Waals surface area contributed by atoms with Crippen molar-refractivity contribution in [3.8, 4) is 0 Å². The van der Waals surface area contributed by atoms with E-state index in [9.17, 15) is 0 Å². The van der Waals surface area contributed by atoms with Gasteiger partial charge in [0.15, 0.2) is 8.32 Å². The molecule has 0 amide bonds. The molecule has 0 bridgehead atoms. The predicted octanol–water partition coefficient (Wildman–Crippen LogP) is 3.38. The molecule has 2 heterocycles. The minimum Gasteiger partial charge on any atom is -0.412 e. The number of unbranched alkanes of at least 4 members (excludes halogenated alkanes) is 1. The van der Waals surface area contributed by atoms with Gasteiger partial charge in [0.05, 0.1) is 32.0 Å². The van der Waals surface area contributed by atoms with Crippen molar-refractivity contribution in [2.75, 3.05) is 39.6 Å². The number of rotatable bonds is 15. The summed E-state index contributed by atoms with van der Waals surface area (Å²) in [5.74, 6) is 0. The minimum atomic E-state index is -1.64. The third kappa shape index (κ3) is 10.1. The van der Waals surface area contributed by atoms with Crippen LogP contribution in [0.2, 0.25) is 19.1 Å². The lowest BCUT2D eigenvalue weighted by Gasteiger charge is -2.35. The molecule has 2 unspecified atom stereocenters. The largest absolute Gasteiger partial charge is 0.412 e. The summed E-state index contributed by atoms with van der Waals surface area (Å²) in [5.41, 5.74) is -0.0436. The highest BCUT2D eigenvalue weighted by molar-refractivity contribution is 6.71. The van der Waals surface area contributed by atoms with Crippen LogP contribution in [0, 0.1) is 0 Å². The molecule has 0 N–H and O–H groups in total. The molecule has 0 aromatic rings. The molecule has 2 atom stereocenters. The normalized spacial score (nSPS) is 23.5. The number of epoxide rings is 2. The molecule has 2 fully saturated rings. The summed E-state index contributed by atoms with van der Waals surface area (Å²) in [7, 11) is -1.64. The second-order valence-corrected chi connectivity index (χ2v) is 12.5. The molecule has 2 rings (SSSR count). The van der Waals surface area contributed by atoms with Crippen LogP contribution < -0.4 is 0 Å². The van der Waals surface area contributed by atoms with Crippen LogP contribution in [0.4, 0.5) is 0 Å². The molecule has 2 aliphatic rings. The predicted molar refractivity (Wildman–Crippen MR) is 97.0 cm³/mol. The van der Waals surface area contributed by atoms with Gasteiger partial charge in [-0.2, -0.15) is 0 Å². The summed E-state index contributed by atoms with van der Waals surface area (Å²) < 4.78 is 28.0. The molecule has 0 radical (unpaired) electrons. The molecule has 142 valence electrons. The quantitative estimate of drug-likeness (QED) is 0.255. The van der Waals surface area contributed by atoms with E-state index >= 15 is 0 Å². The molecule has 6 heteroatoms. The zero-order valence-corrected chi connectivity index (χ0v) is 17.0. The Kier molecular flexibility index (Phi) is 8.17. The van der Waals surface area contributed by atoms with E-state index in [1.807, 2.05) is 0 Å². The Hall–Kier alpha value is 0.0169. The van der Waals surface area contributed by atoms with Crippen molar-refractivity contribution in [2.24, 2.45) is 0 Å². The average molecular weight is 361 g/mol. The third-order valence-electron chi connectivity index (χ3n) is 4.35. The van der Waals surface area contributed by atoms with Gasteiger partial charge in [0.25, 0.3) is 0 Å². The maximum atomic E-state index is 6.52. The van der Waals surface area contributed by atoms with Gasteiger partial charge in [0.2, 0.25) is 0 Å². The Morgan fingerprint density at radius 1 is 0.917 bits per heavy atom. The molecular weight excluding hydrogens is 324 g/mol. The van der Waals surface area contributed by atoms with E-state index in [1.165, 1.54) is 0 Å². The first-order valence-corrected chi connectivity index (χ1v) is 12.6. The van der Waals surface area contributed by atoms with E-state index < -0.39 is 8.32 Å². The second-order valence-electron chi connectivity index (χ2n) is 8.24. The first-order valence-electron chi connectivity index (χ1n) is 9.45. The van der Waals surface area contributed by atoms with Gasteiger partial charge in [-0.1, -0.05) is 0 Å². The van der Waals surface area contributed by atoms with Gasteiger partial charge in [0, 0.05) is 13.2 Å². The van der Waals surface area contributed by atoms with E-state index in [2.05, 4.69) is 26.9 Å². The molecule has 0 aromatic carbocycles. The van der Waals surface area contributed by atoms with Gasteiger partial charge in [-0.3, -0.25) is 0 Å². The van der Waals surface area contributed by atoms with Gasteiger partial charge in [-0.25, -0.2) is 0 Å². The average Bonchev–Trinajstić information content (AvgIpc) is 3.34. The fourth-order valence-corrected chi connectivity index (χ4v) is 5.66. The topological polar surface area (TPSA) is 52.8 Å². The van der Waals surface area contributed by atoms with Gasteiger partial charge in [-0.05, 0) is 58.7 Å². The first kappa shape index (κ1) is 20.3. The zero-order valence-electron chi connectivity index (χ0n) is 16.0. The van der Waals surface area contributed by atoms with Crippen LogP contribution >= 0.6 is 0 Å². The van der Waals surface area contributed by atoms with E-state index in [0.29, 0.717) is 12.2 Å². The second kappa shape index (κ2) is 9.64. The van der Waals surface area contributed by atoms with Crippen molar-refractivity contribution < 1.29 is 23.4 Å². The summed E-state index contributed by atoms with van der Waals surface area (Å²) in [4.78, 5) is 0. The molecule has 0 aliphatic carbocycles. The van der Waals surface area contributed by atoms with E-state index in [1.54, 1.807) is 0 Å². The lowest BCUT2D eigenvalue weighted by Crippen LogP contribution is -2.41. The van der Waals surface area contributed by atoms with Crippen molar-refractivity contribution in [3.63, 3.8) is 0 Å². The Bertz CT molecular complexity index is 353. The van der Waals surface area contributed by atoms with Crippen LogP contribution in [0.1, 0.15) is 39.5 Å². The summed E-state index contributed by atoms with van der Waals surface area (Å²) in [6, 6.07) is 1.15. The van der Waals surface area contributed by atoms with Crippen molar-refractivity contribution >= 4 is 8.32 Å². The smallest absolute Gasteiger partial charge is 0.187 e. The summed E-state index contributed by atoms with van der Waals surface area (Å²) in [5, 5.41) is 0. The van der Waals surface area contributed by atoms with Gasteiger partial charge < -0.3 is 23.4 Å². The van der Waals surface area contributed by atoms with Crippen LogP contribution in [0.5, 0.6) is 0 Å². The maximum absolute atomic E-state index is 6.52. The molecule has 24 heavy (non-hydrogen) atoms. The lowest BCUT2D eigenvalue weighted by molar-refractivity contribution is 0.0744. The highest BCUT2D eigenvalue weighted by Crippen LogP contribution is 2.26. The standard InChI is InChI=1S/C18H36O5Si/c1-18(2,8-5-6-9-19-12-16-14-21-16)23-24(3,4)11-7-10-20-13-17-15-22-17/h16-17H,5-15H2,1-4H3. The van der Waals surface area contributed by atoms with Crippen LogP contribution in [0.25, 0.3) is 0 Å². The Morgan fingerprint density at radius 2 is 1.46 bits per heavy atom. The molecular formula is C18H36O5Si. The maximum Gasteiger partial charge on any atom is 0.187 e. The first-order chi connectivity index (χ1) is 11.4. The fourth-order valence-electron chi connectivity index (χ4n) is 2.96. The molecule has 0 saturated carbocycles. The van der Waals surface area contributed by atoms with Gasteiger partial charge >= 0.3 is 0 Å². The highest BCUT2D eigenvalue weighted by atomic mass is 28.4. The van der Waals surface area contributed by atoms with Crippen LogP contribution in [0.15, 0.2) is 0 Å². The fraction of sp³-hybridized carbons (Fsp3) is 1.00. The number of hydrogen-bond acceptors (Lipinski definition) is 5. The van der Waals surface area contributed by atoms with Gasteiger partial charge in [-0.15, -0.1) is 0 Å². The van der Waals surface area contributed by atoms with Crippen LogP contribution in [0.3, 0.4) is 0 Å². The molecule has 5 nitrogen and oxygen atoms in total. The summed E-state index contributed by atoms with van der Waals surface area (Å²) in [6.07, 6.45) is 5.15. The summed E-state index contributed by atoms with van der Waals surface area (Å²) in [6.45, 7) is 14.0. The third-order valence-corrected chi connectivity index (χ3v) is 7.01. The van der Waals surface area contributed by atoms with Crippen molar-refractivity contribution in [2.45, 2.75) is 76.5 Å². The Labute approximate surface area is 148 Å². The van der Waals surface area contributed by atoms with Crippen LogP contribution in [-0.2, 0) is 23.4 Å². The minimum absolute atomic E-state index is 0.0436. The SMILES string of the molecule is CC(C)(CCCCOCC1CO1)O[Si](C)(C)CCCOCC1CO1. The van der Waals surface area contributed by atoms with Crippen LogP contribution in [-0.4, -0.2) is 65.8 Å². The molecule has 2 aliphatic heterocycles. The van der Waals surface area contributed by atoms with Crippen molar-refractivity contribution in [1.29, 1.82) is 0 Å². The van der Waals surface area contributed by atoms with E-state index in [0.717, 1.165) is 71.4 Å². The molecule has 0 spiro atoms.